The van der Waals surface area contributed by atoms with Gasteiger partial charge in [0.05, 0.1) is 11.3 Å². The standard InChI is InChI=1S/C16H10N2O3/c19-9-18-15-8-10(4-5-13(15)16(20)21)11-2-1-3-14-12(11)6-7-17-14/h1-8,17H,(H,20,21). The Hall–Kier alpha value is -3.17. The van der Waals surface area contributed by atoms with Crippen LogP contribution in [0, 0.1) is 0 Å². The molecule has 0 aliphatic rings. The molecule has 0 saturated carbocycles. The summed E-state index contributed by atoms with van der Waals surface area (Å²) in [6.45, 7) is 0. The largest absolute Gasteiger partial charge is 0.478 e. The van der Waals surface area contributed by atoms with Crippen LogP contribution in [0.25, 0.3) is 22.0 Å². The van der Waals surface area contributed by atoms with E-state index in [1.54, 1.807) is 12.1 Å². The number of carboxylic acids is 1. The highest BCUT2D eigenvalue weighted by atomic mass is 16.4. The fourth-order valence-electron chi connectivity index (χ4n) is 2.36. The lowest BCUT2D eigenvalue weighted by molar-refractivity contribution is 0.0698. The van der Waals surface area contributed by atoms with Gasteiger partial charge in [0, 0.05) is 17.1 Å². The summed E-state index contributed by atoms with van der Waals surface area (Å²) in [5.74, 6) is -1.13. The molecule has 0 aliphatic carbocycles. The van der Waals surface area contributed by atoms with Crippen molar-refractivity contribution in [2.75, 3.05) is 0 Å². The second-order valence-corrected chi connectivity index (χ2v) is 4.48. The van der Waals surface area contributed by atoms with Gasteiger partial charge < -0.3 is 10.1 Å². The van der Waals surface area contributed by atoms with E-state index < -0.39 is 5.97 Å². The van der Waals surface area contributed by atoms with Crippen molar-refractivity contribution >= 4 is 28.6 Å². The predicted molar refractivity (Wildman–Crippen MR) is 78.5 cm³/mol. The van der Waals surface area contributed by atoms with Crippen molar-refractivity contribution in [3.8, 4) is 11.1 Å². The van der Waals surface area contributed by atoms with Crippen molar-refractivity contribution in [3.63, 3.8) is 0 Å². The smallest absolute Gasteiger partial charge is 0.337 e. The number of carbonyl (C=O) groups excluding carboxylic acids is 1. The topological polar surface area (TPSA) is 82.5 Å². The third kappa shape index (κ3) is 2.22. The number of carbonyl (C=O) groups is 1. The van der Waals surface area contributed by atoms with Crippen molar-refractivity contribution in [2.45, 2.75) is 0 Å². The number of nitrogens with zero attached hydrogens (tertiary/aromatic N) is 1. The molecule has 3 aromatic rings. The highest BCUT2D eigenvalue weighted by molar-refractivity contribution is 5.98. The van der Waals surface area contributed by atoms with Crippen LogP contribution in [0.2, 0.25) is 0 Å². The monoisotopic (exact) mass is 278 g/mol. The highest BCUT2D eigenvalue weighted by Crippen LogP contribution is 2.32. The van der Waals surface area contributed by atoms with Gasteiger partial charge in [-0.15, -0.1) is 0 Å². The zero-order chi connectivity index (χ0) is 14.8. The molecular formula is C16H10N2O3. The number of H-pyrrole nitrogens is 1. The van der Waals surface area contributed by atoms with E-state index >= 15 is 0 Å². The van der Waals surface area contributed by atoms with Gasteiger partial charge in [0.1, 0.15) is 0 Å². The van der Waals surface area contributed by atoms with Crippen LogP contribution >= 0.6 is 0 Å². The van der Waals surface area contributed by atoms with E-state index in [-0.39, 0.29) is 11.3 Å². The summed E-state index contributed by atoms with van der Waals surface area (Å²) in [5, 5.41) is 10.1. The van der Waals surface area contributed by atoms with Crippen LogP contribution in [0.5, 0.6) is 0 Å². The number of rotatable bonds is 3. The number of aliphatic imine (C=N–C) groups is 1. The molecule has 0 atom stereocenters. The van der Waals surface area contributed by atoms with Gasteiger partial charge in [0.2, 0.25) is 6.08 Å². The first-order valence-electron chi connectivity index (χ1n) is 6.22. The van der Waals surface area contributed by atoms with Crippen LogP contribution in [0.4, 0.5) is 5.69 Å². The molecule has 5 heteroatoms. The molecule has 21 heavy (non-hydrogen) atoms. The fourth-order valence-corrected chi connectivity index (χ4v) is 2.36. The molecule has 0 bridgehead atoms. The van der Waals surface area contributed by atoms with E-state index in [0.29, 0.717) is 0 Å². The molecule has 3 rings (SSSR count). The normalized spacial score (nSPS) is 10.3. The Balaban J connectivity index is 2.24. The van der Waals surface area contributed by atoms with E-state index in [9.17, 15) is 9.59 Å². The summed E-state index contributed by atoms with van der Waals surface area (Å²) < 4.78 is 0. The molecule has 0 unspecified atom stereocenters. The van der Waals surface area contributed by atoms with Gasteiger partial charge in [-0.05, 0) is 35.4 Å². The lowest BCUT2D eigenvalue weighted by Crippen LogP contribution is -1.96. The number of carboxylic acid groups (broad SMARTS) is 1. The van der Waals surface area contributed by atoms with Gasteiger partial charge in [-0.3, -0.25) is 0 Å². The third-order valence-corrected chi connectivity index (χ3v) is 3.30. The lowest BCUT2D eigenvalue weighted by Gasteiger charge is -2.06. The SMILES string of the molecule is O=C=Nc1cc(-c2cccc3[nH]ccc23)ccc1C(=O)O. The van der Waals surface area contributed by atoms with Crippen molar-refractivity contribution in [1.29, 1.82) is 0 Å². The molecule has 0 saturated heterocycles. The Bertz CT molecular complexity index is 889. The molecule has 0 spiro atoms. The quantitative estimate of drug-likeness (QED) is 0.568. The highest BCUT2D eigenvalue weighted by Gasteiger charge is 2.12. The number of isocyanates is 1. The molecular weight excluding hydrogens is 268 g/mol. The number of hydrogen-bond donors (Lipinski definition) is 2. The second kappa shape index (κ2) is 5.07. The Morgan fingerprint density at radius 1 is 1.19 bits per heavy atom. The maximum atomic E-state index is 11.1. The minimum atomic E-state index is -1.13. The summed E-state index contributed by atoms with van der Waals surface area (Å²) in [7, 11) is 0. The number of hydrogen-bond acceptors (Lipinski definition) is 3. The molecule has 2 N–H and O–H groups in total. The van der Waals surface area contributed by atoms with E-state index in [1.165, 1.54) is 12.1 Å². The Labute approximate surface area is 119 Å². The van der Waals surface area contributed by atoms with E-state index in [0.717, 1.165) is 22.0 Å². The van der Waals surface area contributed by atoms with Crippen LogP contribution in [0.15, 0.2) is 53.7 Å². The Morgan fingerprint density at radius 3 is 2.81 bits per heavy atom. The van der Waals surface area contributed by atoms with E-state index in [4.69, 9.17) is 5.11 Å². The number of nitrogens with one attached hydrogen (secondary N) is 1. The first kappa shape index (κ1) is 12.8. The minimum Gasteiger partial charge on any atom is -0.478 e. The van der Waals surface area contributed by atoms with Gasteiger partial charge in [-0.1, -0.05) is 18.2 Å². The van der Waals surface area contributed by atoms with Gasteiger partial charge in [0.15, 0.2) is 0 Å². The maximum Gasteiger partial charge on any atom is 0.337 e. The molecule has 0 amide bonds. The Morgan fingerprint density at radius 2 is 2.05 bits per heavy atom. The summed E-state index contributed by atoms with van der Waals surface area (Å²) >= 11 is 0. The first-order chi connectivity index (χ1) is 10.2. The van der Waals surface area contributed by atoms with Crippen LogP contribution in [-0.4, -0.2) is 22.1 Å². The molecule has 1 heterocycles. The van der Waals surface area contributed by atoms with Gasteiger partial charge in [-0.25, -0.2) is 9.59 Å². The summed E-state index contributed by atoms with van der Waals surface area (Å²) in [6.07, 6.45) is 3.23. The average Bonchev–Trinajstić information content (AvgIpc) is 2.95. The van der Waals surface area contributed by atoms with Crippen LogP contribution in [0.1, 0.15) is 10.4 Å². The van der Waals surface area contributed by atoms with Crippen molar-refractivity contribution in [1.82, 2.24) is 4.98 Å². The number of fused-ring (bicyclic) bond motifs is 1. The van der Waals surface area contributed by atoms with Gasteiger partial charge in [-0.2, -0.15) is 4.99 Å². The van der Waals surface area contributed by atoms with E-state index in [2.05, 4.69) is 9.98 Å². The van der Waals surface area contributed by atoms with Gasteiger partial charge in [0.25, 0.3) is 0 Å². The van der Waals surface area contributed by atoms with Crippen molar-refractivity contribution in [2.24, 2.45) is 4.99 Å². The van der Waals surface area contributed by atoms with Crippen molar-refractivity contribution in [3.05, 3.63) is 54.2 Å². The van der Waals surface area contributed by atoms with Crippen LogP contribution in [-0.2, 0) is 4.79 Å². The molecule has 0 aliphatic heterocycles. The summed E-state index contributed by atoms with van der Waals surface area (Å²) in [4.78, 5) is 28.2. The lowest BCUT2D eigenvalue weighted by atomic mass is 9.99. The number of benzene rings is 2. The van der Waals surface area contributed by atoms with Crippen LogP contribution in [0.3, 0.4) is 0 Å². The zero-order valence-electron chi connectivity index (χ0n) is 10.8. The first-order valence-corrected chi connectivity index (χ1v) is 6.22. The van der Waals surface area contributed by atoms with Crippen molar-refractivity contribution < 1.29 is 14.7 Å². The second-order valence-electron chi connectivity index (χ2n) is 4.48. The number of aromatic nitrogens is 1. The molecule has 102 valence electrons. The van der Waals surface area contributed by atoms with Crippen LogP contribution < -0.4 is 0 Å². The minimum absolute atomic E-state index is 0.0247. The molecule has 5 nitrogen and oxygen atoms in total. The van der Waals surface area contributed by atoms with Gasteiger partial charge >= 0.3 is 5.97 Å². The number of aromatic amines is 1. The predicted octanol–water partition coefficient (Wildman–Crippen LogP) is 3.50. The third-order valence-electron chi connectivity index (χ3n) is 3.30. The van der Waals surface area contributed by atoms with E-state index in [1.807, 2.05) is 30.5 Å². The summed E-state index contributed by atoms with van der Waals surface area (Å²) in [5.41, 5.74) is 2.79. The average molecular weight is 278 g/mol. The molecule has 0 radical (unpaired) electrons. The molecule has 2 aromatic carbocycles. The molecule has 0 fully saturated rings. The maximum absolute atomic E-state index is 11.1. The number of aromatic carboxylic acids is 1. The molecule has 1 aromatic heterocycles. The Kier molecular flexibility index (Phi) is 3.10. The summed E-state index contributed by atoms with van der Waals surface area (Å²) in [6, 6.07) is 12.5. The fraction of sp³-hybridized carbons (Fsp3) is 0. The zero-order valence-corrected chi connectivity index (χ0v) is 10.8.